The quantitative estimate of drug-likeness (QED) is 0.473. The summed E-state index contributed by atoms with van der Waals surface area (Å²) in [6.45, 7) is 0. The average molecular weight is 412 g/mol. The maximum Gasteiger partial charge on any atom is 0.317 e. The third-order valence-corrected chi connectivity index (χ3v) is 4.71. The minimum Gasteiger partial charge on any atom is -0.403 e. The Morgan fingerprint density at radius 1 is 0.871 bits per heavy atom. The Hall–Kier alpha value is -4.53. The normalized spacial score (nSPS) is 15.4. The van der Waals surface area contributed by atoms with Crippen LogP contribution < -0.4 is 16.2 Å². The molecule has 2 aromatic heterocycles. The van der Waals surface area contributed by atoms with E-state index in [4.69, 9.17) is 4.42 Å². The summed E-state index contributed by atoms with van der Waals surface area (Å²) in [4.78, 5) is 31.3. The third-order valence-electron chi connectivity index (χ3n) is 4.71. The van der Waals surface area contributed by atoms with Crippen molar-refractivity contribution in [1.82, 2.24) is 15.2 Å². The van der Waals surface area contributed by atoms with Gasteiger partial charge in [-0.1, -0.05) is 53.6 Å². The predicted octanol–water partition coefficient (Wildman–Crippen LogP) is 2.65. The van der Waals surface area contributed by atoms with Crippen LogP contribution in [0.1, 0.15) is 11.1 Å². The van der Waals surface area contributed by atoms with Crippen LogP contribution in [0.5, 0.6) is 0 Å². The van der Waals surface area contributed by atoms with Crippen LogP contribution >= 0.6 is 0 Å². The molecule has 0 saturated carbocycles. The highest BCUT2D eigenvalue weighted by Gasteiger charge is 2.27. The number of pyridine rings is 1. The number of para-hydroxylation sites is 1. The molecule has 9 heteroatoms. The van der Waals surface area contributed by atoms with E-state index in [9.17, 15) is 9.59 Å². The smallest absolute Gasteiger partial charge is 0.317 e. The lowest BCUT2D eigenvalue weighted by molar-refractivity contribution is -0.116. The number of rotatable bonds is 4. The van der Waals surface area contributed by atoms with Crippen molar-refractivity contribution < 1.29 is 9.21 Å². The number of carbonyl (C=O) groups excluding carboxylic acids is 1. The van der Waals surface area contributed by atoms with Crippen LogP contribution in [0, 0.1) is 0 Å². The fourth-order valence-corrected chi connectivity index (χ4v) is 3.24. The first-order chi connectivity index (χ1) is 15.2. The Balaban J connectivity index is 1.50. The highest BCUT2D eigenvalue weighted by Crippen LogP contribution is 2.25. The molecule has 1 aliphatic rings. The SMILES string of the molecule is O=C1Nc2ccccc2C(c2ccccc2)=NC1Nc1nnc(-c2ccc(=O)[nH]c2)o1. The minimum absolute atomic E-state index is 0.0310. The van der Waals surface area contributed by atoms with Gasteiger partial charge in [0.05, 0.1) is 17.0 Å². The molecule has 0 bridgehead atoms. The monoisotopic (exact) mass is 412 g/mol. The van der Waals surface area contributed by atoms with Crippen molar-refractivity contribution in [1.29, 1.82) is 0 Å². The van der Waals surface area contributed by atoms with Gasteiger partial charge in [-0.05, 0) is 12.1 Å². The van der Waals surface area contributed by atoms with Crippen molar-refractivity contribution in [3.05, 3.63) is 94.4 Å². The number of H-pyrrole nitrogens is 1. The largest absolute Gasteiger partial charge is 0.403 e. The lowest BCUT2D eigenvalue weighted by Gasteiger charge is -2.11. The summed E-state index contributed by atoms with van der Waals surface area (Å²) in [7, 11) is 0. The van der Waals surface area contributed by atoms with Crippen molar-refractivity contribution in [3.8, 4) is 11.5 Å². The van der Waals surface area contributed by atoms with Crippen molar-refractivity contribution in [3.63, 3.8) is 0 Å². The molecule has 0 aliphatic carbocycles. The van der Waals surface area contributed by atoms with Crippen LogP contribution in [0.3, 0.4) is 0 Å². The van der Waals surface area contributed by atoms with Gasteiger partial charge in [-0.2, -0.15) is 0 Å². The van der Waals surface area contributed by atoms with Crippen molar-refractivity contribution >= 4 is 23.3 Å². The second-order valence-corrected chi connectivity index (χ2v) is 6.78. The van der Waals surface area contributed by atoms with Gasteiger partial charge in [0.2, 0.25) is 11.7 Å². The summed E-state index contributed by atoms with van der Waals surface area (Å²) in [5, 5.41) is 13.7. The van der Waals surface area contributed by atoms with E-state index in [0.717, 1.165) is 11.1 Å². The van der Waals surface area contributed by atoms with Gasteiger partial charge in [-0.15, -0.1) is 5.10 Å². The molecule has 1 unspecified atom stereocenters. The zero-order chi connectivity index (χ0) is 21.2. The van der Waals surface area contributed by atoms with Crippen LogP contribution in [0.4, 0.5) is 11.7 Å². The number of aromatic nitrogens is 3. The molecule has 0 spiro atoms. The van der Waals surface area contributed by atoms with E-state index < -0.39 is 6.17 Å². The first-order valence-corrected chi connectivity index (χ1v) is 9.50. The number of hydrogen-bond acceptors (Lipinski definition) is 7. The van der Waals surface area contributed by atoms with Crippen LogP contribution in [-0.4, -0.2) is 33.0 Å². The molecule has 5 rings (SSSR count). The fourth-order valence-electron chi connectivity index (χ4n) is 3.24. The molecule has 4 aromatic rings. The van der Waals surface area contributed by atoms with Gasteiger partial charge in [0.1, 0.15) is 0 Å². The molecule has 152 valence electrons. The van der Waals surface area contributed by atoms with Gasteiger partial charge in [-0.25, -0.2) is 4.99 Å². The Morgan fingerprint density at radius 3 is 2.48 bits per heavy atom. The zero-order valence-corrected chi connectivity index (χ0v) is 16.1. The Bertz CT molecular complexity index is 1320. The van der Waals surface area contributed by atoms with E-state index in [1.54, 1.807) is 6.07 Å². The average Bonchev–Trinajstić information content (AvgIpc) is 3.21. The number of fused-ring (bicyclic) bond motifs is 1. The van der Waals surface area contributed by atoms with Gasteiger partial charge in [0.25, 0.3) is 11.8 Å². The van der Waals surface area contributed by atoms with Gasteiger partial charge in [0, 0.05) is 23.4 Å². The lowest BCUT2D eigenvalue weighted by atomic mass is 10.0. The molecule has 0 fully saturated rings. The summed E-state index contributed by atoms with van der Waals surface area (Å²) >= 11 is 0. The molecule has 31 heavy (non-hydrogen) atoms. The standard InChI is InChI=1S/C22H16N6O3/c29-17-11-10-14(12-23-17)21-27-28-22(31-21)26-19-20(30)24-16-9-5-4-8-15(16)18(25-19)13-6-2-1-3-7-13/h1-12,19H,(H,23,29)(H,24,30)(H,26,28). The Morgan fingerprint density at radius 2 is 1.68 bits per heavy atom. The Kier molecular flexibility index (Phi) is 4.60. The second-order valence-electron chi connectivity index (χ2n) is 6.78. The molecule has 2 aromatic carbocycles. The number of aromatic amines is 1. The molecular formula is C22H16N6O3. The Labute approximate surface area is 175 Å². The van der Waals surface area contributed by atoms with Crippen molar-refractivity contribution in [2.24, 2.45) is 4.99 Å². The third kappa shape index (κ3) is 3.71. The van der Waals surface area contributed by atoms with Crippen LogP contribution in [-0.2, 0) is 4.79 Å². The number of anilines is 2. The summed E-state index contributed by atoms with van der Waals surface area (Å²) in [5.74, 6) is -0.162. The van der Waals surface area contributed by atoms with Gasteiger partial charge in [-0.3, -0.25) is 9.59 Å². The molecule has 9 nitrogen and oxygen atoms in total. The highest BCUT2D eigenvalue weighted by molar-refractivity contribution is 6.19. The fraction of sp³-hybridized carbons (Fsp3) is 0.0455. The maximum absolute atomic E-state index is 12.9. The second kappa shape index (κ2) is 7.71. The van der Waals surface area contributed by atoms with E-state index in [0.29, 0.717) is 17.0 Å². The number of benzene rings is 2. The van der Waals surface area contributed by atoms with E-state index >= 15 is 0 Å². The molecule has 0 radical (unpaired) electrons. The minimum atomic E-state index is -0.994. The molecule has 3 N–H and O–H groups in total. The first kappa shape index (κ1) is 18.5. The van der Waals surface area contributed by atoms with Crippen LogP contribution in [0.2, 0.25) is 0 Å². The number of carbonyl (C=O) groups is 1. The highest BCUT2D eigenvalue weighted by atomic mass is 16.4. The van der Waals surface area contributed by atoms with E-state index in [1.807, 2.05) is 54.6 Å². The summed E-state index contributed by atoms with van der Waals surface area (Å²) in [6, 6.07) is 20.1. The number of benzodiazepines with no additional fused rings is 1. The predicted molar refractivity (Wildman–Crippen MR) is 115 cm³/mol. The number of hydrogen-bond donors (Lipinski definition) is 3. The van der Waals surface area contributed by atoms with Crippen molar-refractivity contribution in [2.75, 3.05) is 10.6 Å². The molecule has 3 heterocycles. The molecular weight excluding hydrogens is 396 g/mol. The van der Waals surface area contributed by atoms with Crippen LogP contribution in [0.25, 0.3) is 11.5 Å². The van der Waals surface area contributed by atoms with E-state index in [1.165, 1.54) is 12.3 Å². The van der Waals surface area contributed by atoms with Gasteiger partial charge in [0.15, 0.2) is 0 Å². The van der Waals surface area contributed by atoms with Crippen LogP contribution in [0.15, 0.2) is 87.1 Å². The number of nitrogens with one attached hydrogen (secondary N) is 3. The summed E-state index contributed by atoms with van der Waals surface area (Å²) in [5.41, 5.74) is 3.32. The van der Waals surface area contributed by atoms with Gasteiger partial charge >= 0.3 is 6.01 Å². The number of aliphatic imine (C=N–C) groups is 1. The first-order valence-electron chi connectivity index (χ1n) is 9.50. The topological polar surface area (TPSA) is 125 Å². The molecule has 1 amide bonds. The lowest BCUT2D eigenvalue weighted by Crippen LogP contribution is -2.32. The molecule has 1 aliphatic heterocycles. The maximum atomic E-state index is 12.9. The van der Waals surface area contributed by atoms with Crippen molar-refractivity contribution in [2.45, 2.75) is 6.17 Å². The number of amides is 1. The van der Waals surface area contributed by atoms with E-state index in [2.05, 4.69) is 30.8 Å². The van der Waals surface area contributed by atoms with E-state index in [-0.39, 0.29) is 23.4 Å². The summed E-state index contributed by atoms with van der Waals surface area (Å²) in [6.07, 6.45) is 0.479. The number of nitrogens with zero attached hydrogens (tertiary/aromatic N) is 3. The van der Waals surface area contributed by atoms with Gasteiger partial charge < -0.3 is 20.0 Å². The zero-order valence-electron chi connectivity index (χ0n) is 16.1. The summed E-state index contributed by atoms with van der Waals surface area (Å²) < 4.78 is 5.61. The molecule has 1 atom stereocenters. The molecule has 0 saturated heterocycles.